The number of aliphatic hydroxyl groups is 1. The van der Waals surface area contributed by atoms with E-state index >= 15 is 0 Å². The van der Waals surface area contributed by atoms with Crippen LogP contribution in [0.15, 0.2) is 0 Å². The van der Waals surface area contributed by atoms with E-state index in [1.165, 1.54) is 0 Å². The van der Waals surface area contributed by atoms with Crippen molar-refractivity contribution in [1.82, 2.24) is 9.80 Å². The van der Waals surface area contributed by atoms with Crippen LogP contribution < -0.4 is 0 Å². The molecule has 2 saturated heterocycles. The van der Waals surface area contributed by atoms with Gasteiger partial charge in [-0.25, -0.2) is 0 Å². The van der Waals surface area contributed by atoms with Crippen LogP contribution in [0, 0.1) is 17.3 Å². The van der Waals surface area contributed by atoms with Crippen LogP contribution in [0.25, 0.3) is 0 Å². The summed E-state index contributed by atoms with van der Waals surface area (Å²) in [5, 5.41) is 9.19. The highest BCUT2D eigenvalue weighted by Gasteiger charge is 2.35. The molecule has 0 aromatic rings. The lowest BCUT2D eigenvalue weighted by Gasteiger charge is -2.39. The Labute approximate surface area is 133 Å². The molecular weight excluding hydrogens is 280 g/mol. The topological polar surface area (TPSA) is 60.9 Å². The highest BCUT2D eigenvalue weighted by Crippen LogP contribution is 2.26. The van der Waals surface area contributed by atoms with Crippen molar-refractivity contribution in [3.63, 3.8) is 0 Å². The van der Waals surface area contributed by atoms with E-state index in [1.54, 1.807) is 0 Å². The van der Waals surface area contributed by atoms with Crippen LogP contribution in [0.5, 0.6) is 0 Å². The normalized spacial score (nSPS) is 24.5. The van der Waals surface area contributed by atoms with E-state index in [0.717, 1.165) is 45.3 Å². The fourth-order valence-electron chi connectivity index (χ4n) is 3.43. The monoisotopic (exact) mass is 310 g/mol. The maximum absolute atomic E-state index is 12.7. The summed E-state index contributed by atoms with van der Waals surface area (Å²) in [5.41, 5.74) is -0.385. The first-order valence-electron chi connectivity index (χ1n) is 8.52. The van der Waals surface area contributed by atoms with Gasteiger partial charge in [-0.05, 0) is 31.6 Å². The van der Waals surface area contributed by atoms with Crippen LogP contribution in [0.4, 0.5) is 0 Å². The maximum atomic E-state index is 12.7. The summed E-state index contributed by atoms with van der Waals surface area (Å²) in [6.07, 6.45) is 3.57. The number of aliphatic hydroxyl groups excluding tert-OH is 1. The summed E-state index contributed by atoms with van der Waals surface area (Å²) in [7, 11) is 0. The highest BCUT2D eigenvalue weighted by molar-refractivity contribution is 5.84. The van der Waals surface area contributed by atoms with Crippen LogP contribution in [0.3, 0.4) is 0 Å². The van der Waals surface area contributed by atoms with Gasteiger partial charge in [0, 0.05) is 38.2 Å². The summed E-state index contributed by atoms with van der Waals surface area (Å²) in [5.74, 6) is 0.631. The molecular formula is C17H30N2O3. The average Bonchev–Trinajstić information content (AvgIpc) is 2.52. The molecule has 126 valence electrons. The van der Waals surface area contributed by atoms with Gasteiger partial charge in [-0.1, -0.05) is 20.8 Å². The number of nitrogens with zero attached hydrogens (tertiary/aromatic N) is 2. The minimum Gasteiger partial charge on any atom is -0.396 e. The maximum Gasteiger partial charge on any atom is 0.227 e. The SMILES string of the molecule is CC(C)(C)C(=O)N1CCCC(C(=O)N2CCC(CO)CC2)C1. The first-order chi connectivity index (χ1) is 10.3. The smallest absolute Gasteiger partial charge is 0.227 e. The molecule has 2 aliphatic heterocycles. The van der Waals surface area contributed by atoms with E-state index in [-0.39, 0.29) is 29.8 Å². The fraction of sp³-hybridized carbons (Fsp3) is 0.882. The minimum absolute atomic E-state index is 0.0503. The number of carbonyl (C=O) groups is 2. The van der Waals surface area contributed by atoms with E-state index in [0.29, 0.717) is 12.5 Å². The van der Waals surface area contributed by atoms with Crippen LogP contribution in [-0.2, 0) is 9.59 Å². The molecule has 0 radical (unpaired) electrons. The Morgan fingerprint density at radius 1 is 1.05 bits per heavy atom. The number of amides is 2. The van der Waals surface area contributed by atoms with Gasteiger partial charge in [-0.15, -0.1) is 0 Å². The third kappa shape index (κ3) is 4.00. The van der Waals surface area contributed by atoms with Gasteiger partial charge in [0.1, 0.15) is 0 Å². The summed E-state index contributed by atoms with van der Waals surface area (Å²) in [6, 6.07) is 0. The van der Waals surface area contributed by atoms with Gasteiger partial charge < -0.3 is 14.9 Å². The lowest BCUT2D eigenvalue weighted by Crippen LogP contribution is -2.50. The molecule has 2 heterocycles. The van der Waals surface area contributed by atoms with Crippen molar-refractivity contribution in [3.05, 3.63) is 0 Å². The van der Waals surface area contributed by atoms with Gasteiger partial charge in [0.05, 0.1) is 5.92 Å². The van der Waals surface area contributed by atoms with E-state index < -0.39 is 0 Å². The van der Waals surface area contributed by atoms with Crippen molar-refractivity contribution >= 4 is 11.8 Å². The van der Waals surface area contributed by atoms with Crippen molar-refractivity contribution < 1.29 is 14.7 Å². The van der Waals surface area contributed by atoms with Gasteiger partial charge in [-0.2, -0.15) is 0 Å². The van der Waals surface area contributed by atoms with Crippen LogP contribution in [-0.4, -0.2) is 59.5 Å². The van der Waals surface area contributed by atoms with Crippen molar-refractivity contribution in [3.8, 4) is 0 Å². The Morgan fingerprint density at radius 2 is 1.68 bits per heavy atom. The molecule has 2 fully saturated rings. The zero-order valence-electron chi connectivity index (χ0n) is 14.2. The van der Waals surface area contributed by atoms with E-state index in [1.807, 2.05) is 30.6 Å². The molecule has 5 nitrogen and oxygen atoms in total. The summed E-state index contributed by atoms with van der Waals surface area (Å²) in [6.45, 7) is 8.84. The molecule has 5 heteroatoms. The predicted molar refractivity (Wildman–Crippen MR) is 85.1 cm³/mol. The zero-order chi connectivity index (χ0) is 16.3. The van der Waals surface area contributed by atoms with Gasteiger partial charge in [0.15, 0.2) is 0 Å². The van der Waals surface area contributed by atoms with Crippen LogP contribution in [0.1, 0.15) is 46.5 Å². The number of rotatable bonds is 2. The Kier molecular flexibility index (Phi) is 5.48. The van der Waals surface area contributed by atoms with E-state index in [4.69, 9.17) is 0 Å². The van der Waals surface area contributed by atoms with Gasteiger partial charge in [0.25, 0.3) is 0 Å². The van der Waals surface area contributed by atoms with Crippen LogP contribution >= 0.6 is 0 Å². The first-order valence-corrected chi connectivity index (χ1v) is 8.52. The lowest BCUT2D eigenvalue weighted by molar-refractivity contribution is -0.146. The van der Waals surface area contributed by atoms with Gasteiger partial charge >= 0.3 is 0 Å². The molecule has 1 atom stereocenters. The number of likely N-dealkylation sites (tertiary alicyclic amines) is 2. The van der Waals surface area contributed by atoms with Crippen molar-refractivity contribution in [2.45, 2.75) is 46.5 Å². The molecule has 2 amide bonds. The minimum atomic E-state index is -0.385. The fourth-order valence-corrected chi connectivity index (χ4v) is 3.43. The molecule has 2 rings (SSSR count). The quantitative estimate of drug-likeness (QED) is 0.841. The average molecular weight is 310 g/mol. The van der Waals surface area contributed by atoms with Gasteiger partial charge in [0.2, 0.25) is 11.8 Å². The van der Waals surface area contributed by atoms with Gasteiger partial charge in [-0.3, -0.25) is 9.59 Å². The number of piperidine rings is 2. The third-order valence-corrected chi connectivity index (χ3v) is 4.88. The van der Waals surface area contributed by atoms with Crippen molar-refractivity contribution in [1.29, 1.82) is 0 Å². The zero-order valence-corrected chi connectivity index (χ0v) is 14.2. The second-order valence-electron chi connectivity index (χ2n) is 7.79. The number of carbonyl (C=O) groups excluding carboxylic acids is 2. The Morgan fingerprint density at radius 3 is 2.23 bits per heavy atom. The number of hydrogen-bond acceptors (Lipinski definition) is 3. The Balaban J connectivity index is 1.92. The van der Waals surface area contributed by atoms with E-state index in [9.17, 15) is 14.7 Å². The summed E-state index contributed by atoms with van der Waals surface area (Å²) < 4.78 is 0. The number of hydrogen-bond donors (Lipinski definition) is 1. The molecule has 1 unspecified atom stereocenters. The predicted octanol–water partition coefficient (Wildman–Crippen LogP) is 1.50. The molecule has 0 aromatic carbocycles. The second kappa shape index (κ2) is 6.99. The lowest BCUT2D eigenvalue weighted by atomic mass is 9.90. The molecule has 0 aliphatic carbocycles. The summed E-state index contributed by atoms with van der Waals surface area (Å²) in [4.78, 5) is 28.9. The third-order valence-electron chi connectivity index (χ3n) is 4.88. The molecule has 0 spiro atoms. The highest BCUT2D eigenvalue weighted by atomic mass is 16.3. The van der Waals surface area contributed by atoms with Crippen molar-refractivity contribution in [2.75, 3.05) is 32.8 Å². The second-order valence-corrected chi connectivity index (χ2v) is 7.79. The molecule has 2 aliphatic rings. The molecule has 0 aromatic heterocycles. The molecule has 0 saturated carbocycles. The molecule has 0 bridgehead atoms. The Bertz CT molecular complexity index is 409. The first kappa shape index (κ1) is 17.3. The van der Waals surface area contributed by atoms with E-state index in [2.05, 4.69) is 0 Å². The van der Waals surface area contributed by atoms with Crippen molar-refractivity contribution in [2.24, 2.45) is 17.3 Å². The Hall–Kier alpha value is -1.10. The summed E-state index contributed by atoms with van der Waals surface area (Å²) >= 11 is 0. The molecule has 22 heavy (non-hydrogen) atoms. The van der Waals surface area contributed by atoms with Crippen LogP contribution in [0.2, 0.25) is 0 Å². The largest absolute Gasteiger partial charge is 0.396 e. The standard InChI is InChI=1S/C17H30N2O3/c1-17(2,3)16(22)19-8-4-5-14(11-19)15(21)18-9-6-13(12-20)7-10-18/h13-14,20H,4-12H2,1-3H3. The molecule has 1 N–H and O–H groups in total.